The molecule has 0 atom stereocenters. The summed E-state index contributed by atoms with van der Waals surface area (Å²) < 4.78 is 12.6. The second-order valence-electron chi connectivity index (χ2n) is 3.80. The number of halogens is 1. The number of nitrogens with zero attached hydrogens (tertiary/aromatic N) is 1. The number of hydrogen-bond donors (Lipinski definition) is 2. The third-order valence-corrected chi connectivity index (χ3v) is 2.31. The van der Waals surface area contributed by atoms with Crippen LogP contribution in [0.1, 0.15) is 23.2 Å². The summed E-state index contributed by atoms with van der Waals surface area (Å²) in [6.45, 7) is 0.785. The summed E-state index contributed by atoms with van der Waals surface area (Å²) in [6, 6.07) is 6.98. The fourth-order valence-corrected chi connectivity index (χ4v) is 1.36. The standard InChI is InChI=1S/C13H14FN3O2/c14-11-4-2-10(3-5-11)13(19)17-9-1-8-16-12(18)6-7-15/h2-5H,1,6,8-9H2,(H,16,18)(H,17,19). The Hall–Kier alpha value is -2.42. The Balaban J connectivity index is 2.19. The van der Waals surface area contributed by atoms with Crippen LogP contribution in [0.2, 0.25) is 0 Å². The van der Waals surface area contributed by atoms with Gasteiger partial charge in [0.1, 0.15) is 12.2 Å². The molecule has 0 spiro atoms. The lowest BCUT2D eigenvalue weighted by atomic mass is 10.2. The zero-order valence-electron chi connectivity index (χ0n) is 10.3. The summed E-state index contributed by atoms with van der Waals surface area (Å²) in [5.74, 6) is -1.01. The average molecular weight is 263 g/mol. The van der Waals surface area contributed by atoms with E-state index in [1.807, 2.05) is 0 Å². The highest BCUT2D eigenvalue weighted by Gasteiger charge is 2.04. The van der Waals surface area contributed by atoms with E-state index in [0.717, 1.165) is 0 Å². The molecule has 19 heavy (non-hydrogen) atoms. The van der Waals surface area contributed by atoms with Crippen LogP contribution >= 0.6 is 0 Å². The largest absolute Gasteiger partial charge is 0.355 e. The van der Waals surface area contributed by atoms with Crippen LogP contribution in [0.25, 0.3) is 0 Å². The van der Waals surface area contributed by atoms with Crippen molar-refractivity contribution in [3.05, 3.63) is 35.6 Å². The third kappa shape index (κ3) is 5.64. The molecule has 5 nitrogen and oxygen atoms in total. The maximum Gasteiger partial charge on any atom is 0.251 e. The first kappa shape index (κ1) is 14.6. The van der Waals surface area contributed by atoms with Crippen LogP contribution in [0.15, 0.2) is 24.3 Å². The molecule has 0 fully saturated rings. The zero-order valence-corrected chi connectivity index (χ0v) is 10.3. The maximum absolute atomic E-state index is 12.6. The molecule has 0 aliphatic carbocycles. The van der Waals surface area contributed by atoms with E-state index in [1.165, 1.54) is 24.3 Å². The van der Waals surface area contributed by atoms with Crippen LogP contribution < -0.4 is 10.6 Å². The summed E-state index contributed by atoms with van der Waals surface area (Å²) in [5.41, 5.74) is 0.384. The lowest BCUT2D eigenvalue weighted by Crippen LogP contribution is -2.29. The van der Waals surface area contributed by atoms with Crippen LogP contribution in [0, 0.1) is 17.1 Å². The number of rotatable bonds is 6. The van der Waals surface area contributed by atoms with Crippen molar-refractivity contribution in [2.45, 2.75) is 12.8 Å². The average Bonchev–Trinajstić information content (AvgIpc) is 2.39. The summed E-state index contributed by atoms with van der Waals surface area (Å²) >= 11 is 0. The lowest BCUT2D eigenvalue weighted by molar-refractivity contribution is -0.120. The van der Waals surface area contributed by atoms with Crippen molar-refractivity contribution in [1.29, 1.82) is 5.26 Å². The minimum absolute atomic E-state index is 0.165. The van der Waals surface area contributed by atoms with Crippen molar-refractivity contribution < 1.29 is 14.0 Å². The highest BCUT2D eigenvalue weighted by atomic mass is 19.1. The van der Waals surface area contributed by atoms with E-state index in [2.05, 4.69) is 10.6 Å². The molecule has 1 rings (SSSR count). The number of nitrogens with one attached hydrogen (secondary N) is 2. The number of amides is 2. The Morgan fingerprint density at radius 1 is 1.16 bits per heavy atom. The zero-order chi connectivity index (χ0) is 14.1. The fourth-order valence-electron chi connectivity index (χ4n) is 1.36. The SMILES string of the molecule is N#CCC(=O)NCCCNC(=O)c1ccc(F)cc1. The topological polar surface area (TPSA) is 82.0 Å². The molecule has 0 aliphatic rings. The molecule has 0 bridgehead atoms. The van der Waals surface area contributed by atoms with Gasteiger partial charge in [-0.3, -0.25) is 9.59 Å². The van der Waals surface area contributed by atoms with E-state index >= 15 is 0 Å². The Morgan fingerprint density at radius 2 is 1.79 bits per heavy atom. The molecule has 0 radical (unpaired) electrons. The first-order valence-corrected chi connectivity index (χ1v) is 5.81. The molecule has 6 heteroatoms. The first-order chi connectivity index (χ1) is 9.13. The van der Waals surface area contributed by atoms with E-state index in [9.17, 15) is 14.0 Å². The molecule has 0 saturated heterocycles. The number of nitriles is 1. The monoisotopic (exact) mass is 263 g/mol. The van der Waals surface area contributed by atoms with Gasteiger partial charge in [0.25, 0.3) is 5.91 Å². The molecule has 0 saturated carbocycles. The van der Waals surface area contributed by atoms with Crippen molar-refractivity contribution in [3.8, 4) is 6.07 Å². The summed E-state index contributed by atoms with van der Waals surface area (Å²) in [4.78, 5) is 22.5. The summed E-state index contributed by atoms with van der Waals surface area (Å²) in [6.07, 6.45) is 0.395. The van der Waals surface area contributed by atoms with E-state index in [0.29, 0.717) is 25.1 Å². The van der Waals surface area contributed by atoms with Crippen molar-refractivity contribution >= 4 is 11.8 Å². The predicted molar refractivity (Wildman–Crippen MR) is 66.6 cm³/mol. The van der Waals surface area contributed by atoms with E-state index in [-0.39, 0.29) is 18.2 Å². The molecule has 1 aromatic rings. The Morgan fingerprint density at radius 3 is 2.42 bits per heavy atom. The summed E-state index contributed by atoms with van der Waals surface area (Å²) in [7, 11) is 0. The number of hydrogen-bond acceptors (Lipinski definition) is 3. The van der Waals surface area contributed by atoms with Crippen molar-refractivity contribution in [3.63, 3.8) is 0 Å². The molecule has 0 heterocycles. The van der Waals surface area contributed by atoms with E-state index in [4.69, 9.17) is 5.26 Å². The smallest absolute Gasteiger partial charge is 0.251 e. The molecule has 2 N–H and O–H groups in total. The Kier molecular flexibility index (Phi) is 6.03. The quantitative estimate of drug-likeness (QED) is 0.750. The van der Waals surface area contributed by atoms with Gasteiger partial charge in [-0.15, -0.1) is 0 Å². The molecule has 2 amide bonds. The van der Waals surface area contributed by atoms with Crippen LogP contribution in [0.4, 0.5) is 4.39 Å². The van der Waals surface area contributed by atoms with Gasteiger partial charge in [-0.25, -0.2) is 4.39 Å². The van der Waals surface area contributed by atoms with Crippen molar-refractivity contribution in [2.24, 2.45) is 0 Å². The first-order valence-electron chi connectivity index (χ1n) is 5.81. The minimum atomic E-state index is -0.392. The Labute approximate surface area is 110 Å². The van der Waals surface area contributed by atoms with Crippen LogP contribution in [-0.4, -0.2) is 24.9 Å². The normalized spacial score (nSPS) is 9.47. The number of carbonyl (C=O) groups is 2. The van der Waals surface area contributed by atoms with E-state index < -0.39 is 5.82 Å². The van der Waals surface area contributed by atoms with Crippen LogP contribution in [-0.2, 0) is 4.79 Å². The highest BCUT2D eigenvalue weighted by Crippen LogP contribution is 2.02. The molecule has 1 aromatic carbocycles. The van der Waals surface area contributed by atoms with Gasteiger partial charge >= 0.3 is 0 Å². The molecule has 0 aliphatic heterocycles. The Bertz CT molecular complexity index is 480. The van der Waals surface area contributed by atoms with Gasteiger partial charge in [-0.05, 0) is 30.7 Å². The maximum atomic E-state index is 12.6. The van der Waals surface area contributed by atoms with Gasteiger partial charge in [0.2, 0.25) is 5.91 Å². The van der Waals surface area contributed by atoms with Gasteiger partial charge in [0.15, 0.2) is 0 Å². The fraction of sp³-hybridized carbons (Fsp3) is 0.308. The number of benzene rings is 1. The van der Waals surface area contributed by atoms with Gasteiger partial charge < -0.3 is 10.6 Å². The minimum Gasteiger partial charge on any atom is -0.355 e. The van der Waals surface area contributed by atoms with Gasteiger partial charge in [-0.2, -0.15) is 5.26 Å². The van der Waals surface area contributed by atoms with Crippen molar-refractivity contribution in [2.75, 3.05) is 13.1 Å². The van der Waals surface area contributed by atoms with Crippen LogP contribution in [0.3, 0.4) is 0 Å². The lowest BCUT2D eigenvalue weighted by Gasteiger charge is -2.05. The van der Waals surface area contributed by atoms with Gasteiger partial charge in [-0.1, -0.05) is 0 Å². The second-order valence-corrected chi connectivity index (χ2v) is 3.80. The van der Waals surface area contributed by atoms with Gasteiger partial charge in [0.05, 0.1) is 6.07 Å². The van der Waals surface area contributed by atoms with Crippen LogP contribution in [0.5, 0.6) is 0 Å². The predicted octanol–water partition coefficient (Wildman–Crippen LogP) is 0.975. The number of carbonyl (C=O) groups excluding carboxylic acids is 2. The second kappa shape index (κ2) is 7.82. The third-order valence-electron chi connectivity index (χ3n) is 2.31. The van der Waals surface area contributed by atoms with Crippen molar-refractivity contribution in [1.82, 2.24) is 10.6 Å². The highest BCUT2D eigenvalue weighted by molar-refractivity contribution is 5.94. The molecular formula is C13H14FN3O2. The molecular weight excluding hydrogens is 249 g/mol. The van der Waals surface area contributed by atoms with Gasteiger partial charge in [0, 0.05) is 18.7 Å². The van der Waals surface area contributed by atoms with E-state index in [1.54, 1.807) is 6.07 Å². The summed E-state index contributed by atoms with van der Waals surface area (Å²) in [5, 5.41) is 13.5. The molecule has 100 valence electrons. The molecule has 0 aromatic heterocycles. The molecule has 0 unspecified atom stereocenters.